The van der Waals surface area contributed by atoms with Gasteiger partial charge >= 0.3 is 7.12 Å². The molecule has 2 bridgehead atoms. The fraction of sp³-hybridized carbons (Fsp3) is 0.556. The van der Waals surface area contributed by atoms with Crippen molar-refractivity contribution in [3.63, 3.8) is 0 Å². The predicted molar refractivity (Wildman–Crippen MR) is 250 cm³/mol. The van der Waals surface area contributed by atoms with Crippen molar-refractivity contribution in [1.29, 1.82) is 0 Å². The maximum Gasteiger partial charge on any atom is 0.497 e. The van der Waals surface area contributed by atoms with Crippen LogP contribution in [0.5, 0.6) is 0 Å². The van der Waals surface area contributed by atoms with Crippen molar-refractivity contribution in [2.75, 3.05) is 13.2 Å². The molecule has 8 amide bonds. The number of carbonyl (C=O) groups is 8. The van der Waals surface area contributed by atoms with Gasteiger partial charge in [0.1, 0.15) is 24.2 Å². The molecule has 17 N–H and O–H groups in total. The molecule has 376 valence electrons. The van der Waals surface area contributed by atoms with Crippen LogP contribution in [0, 0.1) is 17.3 Å². The second kappa shape index (κ2) is 23.1. The summed E-state index contributed by atoms with van der Waals surface area (Å²) in [7, 11) is -1.03. The van der Waals surface area contributed by atoms with E-state index in [-0.39, 0.29) is 23.0 Å². The van der Waals surface area contributed by atoms with Crippen LogP contribution in [0.1, 0.15) is 82.6 Å². The first kappa shape index (κ1) is 53.9. The molecule has 11 atom stereocenters. The zero-order valence-electron chi connectivity index (χ0n) is 39.4. The highest BCUT2D eigenvalue weighted by atomic mass is 16.7. The Morgan fingerprint density at radius 3 is 1.94 bits per heavy atom. The summed E-state index contributed by atoms with van der Waals surface area (Å²) in [6.45, 7) is 7.90. The van der Waals surface area contributed by atoms with Gasteiger partial charge in [-0.3, -0.25) is 38.4 Å². The van der Waals surface area contributed by atoms with Crippen LogP contribution in [0.2, 0.25) is 0 Å². The molecular weight excluding hydrogens is 897 g/mol. The Morgan fingerprint density at radius 1 is 0.768 bits per heavy atom. The number of benzene rings is 2. The second-order valence-corrected chi connectivity index (χ2v) is 18.7. The molecule has 0 spiro atoms. The van der Waals surface area contributed by atoms with Crippen molar-refractivity contribution in [3.05, 3.63) is 59.7 Å². The van der Waals surface area contributed by atoms with E-state index >= 15 is 0 Å². The van der Waals surface area contributed by atoms with Gasteiger partial charge in [0.25, 0.3) is 17.7 Å². The zero-order valence-corrected chi connectivity index (χ0v) is 39.4. The van der Waals surface area contributed by atoms with Gasteiger partial charge in [-0.2, -0.15) is 0 Å². The van der Waals surface area contributed by atoms with Crippen molar-refractivity contribution >= 4 is 54.4 Å². The maximum atomic E-state index is 13.3. The smallest absolute Gasteiger partial charge is 0.403 e. The van der Waals surface area contributed by atoms with E-state index in [1.807, 2.05) is 19.1 Å². The number of amides is 8. The van der Waals surface area contributed by atoms with Crippen LogP contribution in [0.3, 0.4) is 0 Å². The fourth-order valence-electron chi connectivity index (χ4n) is 9.09. The van der Waals surface area contributed by atoms with E-state index < -0.39 is 122 Å². The lowest BCUT2D eigenvalue weighted by molar-refractivity contribution is -0.199. The first-order chi connectivity index (χ1) is 32.5. The number of aliphatic hydroxyl groups is 2. The number of aryl methyl sites for hydroxylation is 1. The van der Waals surface area contributed by atoms with Crippen LogP contribution in [0.25, 0.3) is 11.1 Å². The van der Waals surface area contributed by atoms with Crippen LogP contribution in [0.4, 0.5) is 0 Å². The molecule has 1 saturated heterocycles. The summed E-state index contributed by atoms with van der Waals surface area (Å²) in [6, 6.07) is 8.61. The number of hydrogen-bond donors (Lipinski definition) is 13. The van der Waals surface area contributed by atoms with E-state index in [9.17, 15) is 48.6 Å². The van der Waals surface area contributed by atoms with Crippen molar-refractivity contribution in [1.82, 2.24) is 37.2 Å². The van der Waals surface area contributed by atoms with Gasteiger partial charge in [-0.1, -0.05) is 63.6 Å². The average Bonchev–Trinajstić information content (AvgIpc) is 3.68. The van der Waals surface area contributed by atoms with Crippen LogP contribution < -0.4 is 60.2 Å². The van der Waals surface area contributed by atoms with Crippen LogP contribution in [0.15, 0.2) is 48.5 Å². The number of hydrogen-bond acceptors (Lipinski definition) is 15. The molecule has 0 aromatic heterocycles. The summed E-state index contributed by atoms with van der Waals surface area (Å²) in [5.74, 6) is -7.39. The molecule has 24 heteroatoms. The summed E-state index contributed by atoms with van der Waals surface area (Å²) in [5, 5.41) is 35.8. The first-order valence-corrected chi connectivity index (χ1v) is 22.9. The SMILES string of the molecule is CCCCc1ccc(-c2ccc(C(=O)N[C@H](CO)C(=O)N[C@H](N)C(=O)NCC(=O)N[C@H](C(=O)N[C@@H](N)C(=O)N[C@@H](CC(N)=O)C(=O)N[C@@H](N)B3OC4C[C@@H]5C[C@@H](C5(C)C)[C@]4(C)O3)C(C)O)cc2)cc1. The third-order valence-electron chi connectivity index (χ3n) is 13.3. The van der Waals surface area contributed by atoms with Crippen molar-refractivity contribution in [3.8, 4) is 11.1 Å². The van der Waals surface area contributed by atoms with E-state index in [0.717, 1.165) is 50.2 Å². The number of primary amides is 1. The second-order valence-electron chi connectivity index (χ2n) is 18.7. The minimum Gasteiger partial charge on any atom is -0.403 e. The van der Waals surface area contributed by atoms with E-state index in [4.69, 9.17) is 32.2 Å². The topological polar surface area (TPSA) is 384 Å². The van der Waals surface area contributed by atoms with Gasteiger partial charge in [-0.15, -0.1) is 0 Å². The normalized spacial score (nSPS) is 22.9. The molecule has 3 aliphatic carbocycles. The first-order valence-electron chi connectivity index (χ1n) is 22.9. The standard InChI is InChI=1S/C45H66BN11O12/c1-6-7-8-23-9-11-24(12-10-23)25-13-15-26(16-14-25)37(62)53-29(21-58)39(64)55-35(48)41(66)51-20-33(61)54-34(22(2)59)40(65)56-36(49)42(67)52-28(19-32(47)60)38(63)57-43(50)46-68-31-18-27-17-30(44(27,3)4)45(31,5)69-46/h9-16,22,27-31,34-36,43,58-59H,6-8,17-21,48-50H2,1-5H3,(H2,47,60)(H,51,66)(H,52,67)(H,53,62)(H,54,61)(H,55,64)(H,56,65)(H,57,63)/t22?,27-,28-,29+,30-,31?,34-,35-,36+,43+,45-/m0/s1. The van der Waals surface area contributed by atoms with E-state index in [0.29, 0.717) is 5.92 Å². The molecule has 0 radical (unpaired) electrons. The van der Waals surface area contributed by atoms with Gasteiger partial charge < -0.3 is 79.7 Å². The predicted octanol–water partition coefficient (Wildman–Crippen LogP) is -3.40. The molecule has 1 heterocycles. The summed E-state index contributed by atoms with van der Waals surface area (Å²) in [4.78, 5) is 103. The molecule has 1 aliphatic heterocycles. The van der Waals surface area contributed by atoms with Gasteiger partial charge in [0.05, 0.1) is 37.4 Å². The molecular formula is C45H66BN11O12. The summed E-state index contributed by atoms with van der Waals surface area (Å²) in [5.41, 5.74) is 26.0. The molecule has 3 saturated carbocycles. The Kier molecular flexibility index (Phi) is 18.0. The Hall–Kier alpha value is -6.02. The average molecular weight is 964 g/mol. The van der Waals surface area contributed by atoms with Gasteiger partial charge in [-0.05, 0) is 85.6 Å². The monoisotopic (exact) mass is 963 g/mol. The van der Waals surface area contributed by atoms with Crippen molar-refractivity contribution in [2.24, 2.45) is 40.2 Å². The molecule has 4 aliphatic rings. The lowest BCUT2D eigenvalue weighted by Gasteiger charge is -2.64. The summed E-state index contributed by atoms with van der Waals surface area (Å²) < 4.78 is 12.4. The minimum atomic E-state index is -1.90. The Morgan fingerprint density at radius 2 is 1.36 bits per heavy atom. The largest absolute Gasteiger partial charge is 0.497 e. The maximum absolute atomic E-state index is 13.3. The zero-order chi connectivity index (χ0) is 51.0. The Balaban J connectivity index is 1.05. The highest BCUT2D eigenvalue weighted by molar-refractivity contribution is 6.47. The van der Waals surface area contributed by atoms with E-state index in [2.05, 4.69) is 70.1 Å². The molecule has 2 aromatic carbocycles. The van der Waals surface area contributed by atoms with E-state index in [1.54, 1.807) is 24.3 Å². The molecule has 4 fully saturated rings. The number of nitrogens with two attached hydrogens (primary N) is 4. The molecule has 2 unspecified atom stereocenters. The van der Waals surface area contributed by atoms with Gasteiger partial charge in [0.2, 0.25) is 29.5 Å². The van der Waals surface area contributed by atoms with Crippen molar-refractivity contribution < 1.29 is 57.9 Å². The lowest BCUT2D eigenvalue weighted by Crippen LogP contribution is -2.65. The van der Waals surface area contributed by atoms with Crippen LogP contribution in [-0.2, 0) is 49.3 Å². The van der Waals surface area contributed by atoms with Crippen LogP contribution in [-0.4, -0.2) is 132 Å². The molecule has 69 heavy (non-hydrogen) atoms. The number of aliphatic hydroxyl groups excluding tert-OH is 2. The quantitative estimate of drug-likeness (QED) is 0.0381. The minimum absolute atomic E-state index is 0.0476. The molecule has 2 aromatic rings. The highest BCUT2D eigenvalue weighted by Crippen LogP contribution is 2.65. The third kappa shape index (κ3) is 13.2. The highest BCUT2D eigenvalue weighted by Gasteiger charge is 2.68. The van der Waals surface area contributed by atoms with Gasteiger partial charge in [-0.25, -0.2) is 0 Å². The lowest BCUT2D eigenvalue weighted by atomic mass is 9.43. The van der Waals surface area contributed by atoms with Crippen LogP contribution >= 0.6 is 0 Å². The van der Waals surface area contributed by atoms with Crippen molar-refractivity contribution in [2.45, 2.75) is 127 Å². The summed E-state index contributed by atoms with van der Waals surface area (Å²) in [6.07, 6.45) is -1.28. The molecule has 6 rings (SSSR count). The number of nitrogens with one attached hydrogen (secondary N) is 7. The van der Waals surface area contributed by atoms with Gasteiger partial charge in [0.15, 0.2) is 12.3 Å². The van der Waals surface area contributed by atoms with E-state index in [1.165, 1.54) is 5.56 Å². The number of rotatable bonds is 23. The third-order valence-corrected chi connectivity index (χ3v) is 13.3. The molecule has 23 nitrogen and oxygen atoms in total. The summed E-state index contributed by atoms with van der Waals surface area (Å²) >= 11 is 0. The number of unbranched alkanes of at least 4 members (excludes halogenated alkanes) is 1. The Labute approximate surface area is 400 Å². The van der Waals surface area contributed by atoms with Gasteiger partial charge in [0, 0.05) is 5.56 Å². The Bertz CT molecular complexity index is 2220. The number of carbonyl (C=O) groups excluding carboxylic acids is 8. The fourth-order valence-corrected chi connectivity index (χ4v) is 9.09.